The summed E-state index contributed by atoms with van der Waals surface area (Å²) in [5.74, 6) is 2.37. The molecule has 0 saturated carbocycles. The Hall–Kier alpha value is -1.78. The summed E-state index contributed by atoms with van der Waals surface area (Å²) in [6.45, 7) is 10.4. The Morgan fingerprint density at radius 1 is 1.07 bits per heavy atom. The van der Waals surface area contributed by atoms with E-state index in [9.17, 15) is 0 Å². The van der Waals surface area contributed by atoms with Crippen LogP contribution in [-0.4, -0.2) is 44.8 Å². The van der Waals surface area contributed by atoms with Gasteiger partial charge in [0.25, 0.3) is 0 Å². The van der Waals surface area contributed by atoms with Crippen LogP contribution >= 0.6 is 0 Å². The van der Waals surface area contributed by atoms with Crippen LogP contribution in [0.2, 0.25) is 0 Å². The number of methoxy groups -OCH3 is 2. The minimum absolute atomic E-state index is 0.312. The third-order valence-electron chi connectivity index (χ3n) is 5.90. The van der Waals surface area contributed by atoms with Gasteiger partial charge >= 0.3 is 0 Å². The van der Waals surface area contributed by atoms with Crippen molar-refractivity contribution in [1.82, 2.24) is 10.2 Å². The molecule has 1 N–H and O–H groups in total. The molecule has 2 aromatic rings. The highest BCUT2D eigenvalue weighted by Gasteiger charge is 2.21. The molecule has 3 unspecified atom stereocenters. The van der Waals surface area contributed by atoms with Gasteiger partial charge in [0.05, 0.1) is 14.2 Å². The molecule has 1 heterocycles. The summed E-state index contributed by atoms with van der Waals surface area (Å²) >= 11 is 0. The molecule has 4 nitrogen and oxygen atoms in total. The van der Waals surface area contributed by atoms with Gasteiger partial charge < -0.3 is 14.8 Å². The van der Waals surface area contributed by atoms with Crippen molar-refractivity contribution in [2.45, 2.75) is 45.7 Å². The molecule has 3 atom stereocenters. The smallest absolute Gasteiger partial charge is 0.161 e. The normalized spacial score (nSPS) is 20.4. The average Bonchev–Trinajstić information content (AvgIpc) is 2.70. The van der Waals surface area contributed by atoms with E-state index in [-0.39, 0.29) is 0 Å². The maximum absolute atomic E-state index is 5.45. The van der Waals surface area contributed by atoms with Gasteiger partial charge in [-0.15, -0.1) is 0 Å². The predicted octanol–water partition coefficient (Wildman–Crippen LogP) is 4.63. The number of nitrogens with zero attached hydrogens (tertiary/aromatic N) is 1. The Morgan fingerprint density at radius 3 is 2.44 bits per heavy atom. The highest BCUT2D eigenvalue weighted by Crippen LogP contribution is 2.33. The van der Waals surface area contributed by atoms with Crippen molar-refractivity contribution in [2.24, 2.45) is 5.92 Å². The lowest BCUT2D eigenvalue weighted by Gasteiger charge is -2.36. The van der Waals surface area contributed by atoms with Crippen molar-refractivity contribution < 1.29 is 9.47 Å². The predicted molar refractivity (Wildman–Crippen MR) is 113 cm³/mol. The molecule has 0 bridgehead atoms. The van der Waals surface area contributed by atoms with Crippen LogP contribution in [0.5, 0.6) is 11.5 Å². The van der Waals surface area contributed by atoms with E-state index in [0.29, 0.717) is 12.1 Å². The van der Waals surface area contributed by atoms with E-state index in [2.05, 4.69) is 55.3 Å². The number of nitrogens with one attached hydrogen (secondary N) is 1. The molecular weight excluding hydrogens is 336 g/mol. The largest absolute Gasteiger partial charge is 0.493 e. The first-order valence-electron chi connectivity index (χ1n) is 10.1. The second-order valence-electron chi connectivity index (χ2n) is 8.04. The molecule has 1 saturated heterocycles. The molecular formula is C23H34N2O2. The first kappa shape index (κ1) is 20.0. The average molecular weight is 371 g/mol. The molecule has 4 heteroatoms. The Balaban J connectivity index is 1.67. The molecule has 27 heavy (non-hydrogen) atoms. The van der Waals surface area contributed by atoms with E-state index in [1.165, 1.54) is 42.3 Å². The fourth-order valence-corrected chi connectivity index (χ4v) is 4.08. The molecule has 148 valence electrons. The summed E-state index contributed by atoms with van der Waals surface area (Å²) in [6, 6.07) is 11.6. The number of rotatable bonds is 7. The first-order valence-corrected chi connectivity index (χ1v) is 10.1. The first-order chi connectivity index (χ1) is 13.0. The molecule has 1 aliphatic heterocycles. The Kier molecular flexibility index (Phi) is 6.61. The molecule has 0 spiro atoms. The Bertz CT molecular complexity index is 761. The van der Waals surface area contributed by atoms with E-state index in [4.69, 9.17) is 9.47 Å². The third-order valence-corrected chi connectivity index (χ3v) is 5.90. The second kappa shape index (κ2) is 8.94. The molecule has 1 aliphatic rings. The molecule has 0 amide bonds. The number of piperidine rings is 1. The summed E-state index contributed by atoms with van der Waals surface area (Å²) in [6.07, 6.45) is 2.70. The standard InChI is InChI=1S/C23H34N2O2/c1-16-7-6-10-25(15-16)17(2)14-24-18(3)19-8-9-20-12-22(26-4)23(27-5)13-21(20)11-19/h8-9,11-13,16-18,24H,6-7,10,14-15H2,1-5H3. The van der Waals surface area contributed by atoms with Gasteiger partial charge in [0.1, 0.15) is 0 Å². The number of benzene rings is 2. The summed E-state index contributed by atoms with van der Waals surface area (Å²) in [5, 5.41) is 6.07. The summed E-state index contributed by atoms with van der Waals surface area (Å²) in [7, 11) is 3.36. The lowest BCUT2D eigenvalue weighted by Crippen LogP contribution is -2.45. The van der Waals surface area contributed by atoms with Gasteiger partial charge in [-0.3, -0.25) is 4.90 Å². The molecule has 0 aliphatic carbocycles. The van der Waals surface area contributed by atoms with Crippen molar-refractivity contribution in [3.8, 4) is 11.5 Å². The van der Waals surface area contributed by atoms with Crippen molar-refractivity contribution in [3.05, 3.63) is 35.9 Å². The number of hydrogen-bond acceptors (Lipinski definition) is 4. The van der Waals surface area contributed by atoms with Gasteiger partial charge in [0.15, 0.2) is 11.5 Å². The lowest BCUT2D eigenvalue weighted by molar-refractivity contribution is 0.135. The van der Waals surface area contributed by atoms with Crippen LogP contribution in [0.4, 0.5) is 0 Å². The van der Waals surface area contributed by atoms with E-state index in [0.717, 1.165) is 24.0 Å². The zero-order valence-electron chi connectivity index (χ0n) is 17.4. The molecule has 0 radical (unpaired) electrons. The fraction of sp³-hybridized carbons (Fsp3) is 0.565. The maximum Gasteiger partial charge on any atom is 0.161 e. The topological polar surface area (TPSA) is 33.7 Å². The lowest BCUT2D eigenvalue weighted by atomic mass is 9.98. The molecule has 2 aromatic carbocycles. The van der Waals surface area contributed by atoms with Crippen molar-refractivity contribution in [1.29, 1.82) is 0 Å². The van der Waals surface area contributed by atoms with Crippen LogP contribution in [-0.2, 0) is 0 Å². The van der Waals surface area contributed by atoms with Gasteiger partial charge in [-0.05, 0) is 73.7 Å². The fourth-order valence-electron chi connectivity index (χ4n) is 4.08. The molecule has 0 aromatic heterocycles. The summed E-state index contributed by atoms with van der Waals surface area (Å²) < 4.78 is 10.9. The van der Waals surface area contributed by atoms with Crippen LogP contribution in [0.1, 0.15) is 45.2 Å². The van der Waals surface area contributed by atoms with E-state index in [1.54, 1.807) is 14.2 Å². The van der Waals surface area contributed by atoms with E-state index < -0.39 is 0 Å². The van der Waals surface area contributed by atoms with Crippen molar-refractivity contribution in [3.63, 3.8) is 0 Å². The number of ether oxygens (including phenoxy) is 2. The summed E-state index contributed by atoms with van der Waals surface area (Å²) in [4.78, 5) is 2.63. The molecule has 3 rings (SSSR count). The maximum atomic E-state index is 5.45. The van der Waals surface area contributed by atoms with Crippen molar-refractivity contribution in [2.75, 3.05) is 33.9 Å². The van der Waals surface area contributed by atoms with Gasteiger partial charge in [-0.2, -0.15) is 0 Å². The summed E-state index contributed by atoms with van der Waals surface area (Å²) in [5.41, 5.74) is 1.30. The van der Waals surface area contributed by atoms with Gasteiger partial charge in [-0.25, -0.2) is 0 Å². The zero-order valence-corrected chi connectivity index (χ0v) is 17.4. The zero-order chi connectivity index (χ0) is 19.4. The Labute approximate surface area is 163 Å². The van der Waals surface area contributed by atoms with Gasteiger partial charge in [-0.1, -0.05) is 19.1 Å². The third kappa shape index (κ3) is 4.74. The molecule has 1 fully saturated rings. The van der Waals surface area contributed by atoms with E-state index >= 15 is 0 Å². The quantitative estimate of drug-likeness (QED) is 0.770. The van der Waals surface area contributed by atoms with Crippen LogP contribution in [0.25, 0.3) is 10.8 Å². The van der Waals surface area contributed by atoms with E-state index in [1.807, 2.05) is 6.07 Å². The van der Waals surface area contributed by atoms with Crippen LogP contribution in [0, 0.1) is 5.92 Å². The van der Waals surface area contributed by atoms with Crippen LogP contribution < -0.4 is 14.8 Å². The minimum Gasteiger partial charge on any atom is -0.493 e. The number of fused-ring (bicyclic) bond motifs is 1. The van der Waals surface area contributed by atoms with Gasteiger partial charge in [0.2, 0.25) is 0 Å². The highest BCUT2D eigenvalue weighted by atomic mass is 16.5. The minimum atomic E-state index is 0.312. The highest BCUT2D eigenvalue weighted by molar-refractivity contribution is 5.86. The van der Waals surface area contributed by atoms with Gasteiger partial charge in [0, 0.05) is 25.2 Å². The SMILES string of the molecule is COc1cc2ccc(C(C)NCC(C)N3CCCC(C)C3)cc2cc1OC. The van der Waals surface area contributed by atoms with Crippen LogP contribution in [0.3, 0.4) is 0 Å². The van der Waals surface area contributed by atoms with Crippen LogP contribution in [0.15, 0.2) is 30.3 Å². The Morgan fingerprint density at radius 2 is 1.78 bits per heavy atom. The number of hydrogen-bond donors (Lipinski definition) is 1. The van der Waals surface area contributed by atoms with Crippen molar-refractivity contribution >= 4 is 10.8 Å². The number of likely N-dealkylation sites (tertiary alicyclic amines) is 1. The second-order valence-corrected chi connectivity index (χ2v) is 8.04. The monoisotopic (exact) mass is 370 g/mol.